The summed E-state index contributed by atoms with van der Waals surface area (Å²) in [6.45, 7) is 9.85. The van der Waals surface area contributed by atoms with Crippen LogP contribution in [0.4, 0.5) is 5.69 Å². The molecule has 1 fully saturated rings. The van der Waals surface area contributed by atoms with Gasteiger partial charge in [-0.2, -0.15) is 0 Å². The zero-order valence-electron chi connectivity index (χ0n) is 16.5. The molecule has 2 aliphatic heterocycles. The third-order valence-corrected chi connectivity index (χ3v) is 6.50. The zero-order chi connectivity index (χ0) is 19.7. The Balaban J connectivity index is 1.59. The molecule has 0 atom stereocenters. The lowest BCUT2D eigenvalue weighted by atomic mass is 9.74. The SMILES string of the molecule is C=CCN1CCC2(CC1)CN(C(=O)Cc1ccc(Cl)cc1)c1ccc(C)cc12. The Morgan fingerprint density at radius 3 is 2.57 bits per heavy atom. The Bertz CT molecular complexity index is 882. The lowest BCUT2D eigenvalue weighted by Crippen LogP contribution is -2.46. The highest BCUT2D eigenvalue weighted by molar-refractivity contribution is 6.30. The summed E-state index contributed by atoms with van der Waals surface area (Å²) < 4.78 is 0. The van der Waals surface area contributed by atoms with Crippen molar-refractivity contribution in [1.82, 2.24) is 4.90 Å². The number of fused-ring (bicyclic) bond motifs is 2. The molecule has 0 unspecified atom stereocenters. The van der Waals surface area contributed by atoms with Crippen molar-refractivity contribution < 1.29 is 4.79 Å². The highest BCUT2D eigenvalue weighted by atomic mass is 35.5. The van der Waals surface area contributed by atoms with Gasteiger partial charge in [0.05, 0.1) is 6.42 Å². The predicted octanol–water partition coefficient (Wildman–Crippen LogP) is 4.76. The molecule has 2 aromatic carbocycles. The predicted molar refractivity (Wildman–Crippen MR) is 116 cm³/mol. The van der Waals surface area contributed by atoms with E-state index in [-0.39, 0.29) is 11.3 Å². The summed E-state index contributed by atoms with van der Waals surface area (Å²) >= 11 is 5.98. The van der Waals surface area contributed by atoms with E-state index in [9.17, 15) is 4.79 Å². The van der Waals surface area contributed by atoms with E-state index in [2.05, 4.69) is 36.6 Å². The van der Waals surface area contributed by atoms with E-state index in [4.69, 9.17) is 11.6 Å². The minimum absolute atomic E-state index is 0.0781. The fourth-order valence-electron chi connectivity index (χ4n) is 4.65. The number of carbonyl (C=O) groups excluding carboxylic acids is 1. The van der Waals surface area contributed by atoms with Crippen LogP contribution in [0.1, 0.15) is 29.5 Å². The van der Waals surface area contributed by atoms with Crippen LogP contribution < -0.4 is 4.90 Å². The minimum Gasteiger partial charge on any atom is -0.311 e. The Morgan fingerprint density at radius 1 is 1.18 bits per heavy atom. The van der Waals surface area contributed by atoms with Gasteiger partial charge in [0.2, 0.25) is 5.91 Å². The van der Waals surface area contributed by atoms with Crippen LogP contribution in [0.2, 0.25) is 5.02 Å². The van der Waals surface area contributed by atoms with E-state index < -0.39 is 0 Å². The molecular formula is C24H27ClN2O. The molecule has 1 saturated heterocycles. The first-order valence-electron chi connectivity index (χ1n) is 10.00. The largest absolute Gasteiger partial charge is 0.311 e. The average Bonchev–Trinajstić information content (AvgIpc) is 2.99. The van der Waals surface area contributed by atoms with Gasteiger partial charge in [0.1, 0.15) is 0 Å². The van der Waals surface area contributed by atoms with Crippen LogP contribution >= 0.6 is 11.6 Å². The molecule has 0 bridgehead atoms. The molecular weight excluding hydrogens is 368 g/mol. The maximum absolute atomic E-state index is 13.2. The van der Waals surface area contributed by atoms with E-state index in [1.165, 1.54) is 11.1 Å². The summed E-state index contributed by atoms with van der Waals surface area (Å²) in [7, 11) is 0. The third kappa shape index (κ3) is 3.61. The molecule has 146 valence electrons. The molecule has 2 aliphatic rings. The van der Waals surface area contributed by atoms with Gasteiger partial charge in [0.25, 0.3) is 0 Å². The molecule has 2 aromatic rings. The first-order valence-corrected chi connectivity index (χ1v) is 10.4. The summed E-state index contributed by atoms with van der Waals surface area (Å²) in [4.78, 5) is 17.7. The van der Waals surface area contributed by atoms with Crippen molar-refractivity contribution in [2.75, 3.05) is 31.1 Å². The number of likely N-dealkylation sites (tertiary alicyclic amines) is 1. The maximum Gasteiger partial charge on any atom is 0.231 e. The van der Waals surface area contributed by atoms with E-state index in [1.54, 1.807) is 0 Å². The second kappa shape index (κ2) is 7.73. The standard InChI is InChI=1S/C24H27ClN2O/c1-3-12-26-13-10-24(11-14-26)17-27(22-9-4-18(2)15-21(22)24)23(28)16-19-5-7-20(25)8-6-19/h3-9,15H,1,10-14,16-17H2,2H3. The fraction of sp³-hybridized carbons (Fsp3) is 0.375. The Morgan fingerprint density at radius 2 is 1.89 bits per heavy atom. The van der Waals surface area contributed by atoms with E-state index in [0.717, 1.165) is 50.3 Å². The molecule has 0 aromatic heterocycles. The first kappa shape index (κ1) is 19.2. The molecule has 0 aliphatic carbocycles. The number of nitrogens with zero attached hydrogens (tertiary/aromatic N) is 2. The molecule has 3 nitrogen and oxygen atoms in total. The van der Waals surface area contributed by atoms with Gasteiger partial charge in [0.15, 0.2) is 0 Å². The van der Waals surface area contributed by atoms with Crippen LogP contribution in [0.3, 0.4) is 0 Å². The quantitative estimate of drug-likeness (QED) is 0.698. The smallest absolute Gasteiger partial charge is 0.231 e. The summed E-state index contributed by atoms with van der Waals surface area (Å²) in [5.74, 6) is 0.165. The second-order valence-corrected chi connectivity index (χ2v) is 8.61. The van der Waals surface area contributed by atoms with Gasteiger partial charge in [-0.3, -0.25) is 9.69 Å². The van der Waals surface area contributed by atoms with Gasteiger partial charge in [-0.05, 0) is 62.2 Å². The number of hydrogen-bond donors (Lipinski definition) is 0. The average molecular weight is 395 g/mol. The van der Waals surface area contributed by atoms with Gasteiger partial charge >= 0.3 is 0 Å². The summed E-state index contributed by atoms with van der Waals surface area (Å²) in [6.07, 6.45) is 4.56. The molecule has 28 heavy (non-hydrogen) atoms. The van der Waals surface area contributed by atoms with Crippen molar-refractivity contribution in [2.24, 2.45) is 0 Å². The number of aryl methyl sites for hydroxylation is 1. The number of piperidine rings is 1. The van der Waals surface area contributed by atoms with Crippen molar-refractivity contribution >= 4 is 23.2 Å². The Labute approximate surface area is 172 Å². The normalized spacial score (nSPS) is 18.3. The van der Waals surface area contributed by atoms with Crippen LogP contribution in [-0.4, -0.2) is 37.0 Å². The van der Waals surface area contributed by atoms with Crippen molar-refractivity contribution in [1.29, 1.82) is 0 Å². The zero-order valence-corrected chi connectivity index (χ0v) is 17.2. The van der Waals surface area contributed by atoms with Gasteiger partial charge < -0.3 is 4.90 Å². The van der Waals surface area contributed by atoms with Gasteiger partial charge in [-0.1, -0.05) is 47.5 Å². The van der Waals surface area contributed by atoms with Gasteiger partial charge in [-0.15, -0.1) is 6.58 Å². The highest BCUT2D eigenvalue weighted by Crippen LogP contribution is 2.47. The van der Waals surface area contributed by atoms with Crippen molar-refractivity contribution in [3.8, 4) is 0 Å². The molecule has 4 heteroatoms. The van der Waals surface area contributed by atoms with E-state index >= 15 is 0 Å². The number of hydrogen-bond acceptors (Lipinski definition) is 2. The van der Waals surface area contributed by atoms with Crippen LogP contribution in [-0.2, 0) is 16.6 Å². The van der Waals surface area contributed by atoms with Gasteiger partial charge in [0, 0.05) is 29.2 Å². The fourth-order valence-corrected chi connectivity index (χ4v) is 4.78. The van der Waals surface area contributed by atoms with Crippen LogP contribution in [0.5, 0.6) is 0 Å². The molecule has 0 saturated carbocycles. The number of benzene rings is 2. The lowest BCUT2D eigenvalue weighted by Gasteiger charge is -2.39. The summed E-state index contributed by atoms with van der Waals surface area (Å²) in [5.41, 5.74) is 4.80. The molecule has 2 heterocycles. The van der Waals surface area contributed by atoms with E-state index in [0.29, 0.717) is 11.4 Å². The Hall–Kier alpha value is -2.10. The summed E-state index contributed by atoms with van der Waals surface area (Å²) in [6, 6.07) is 14.1. The Kier molecular flexibility index (Phi) is 5.31. The minimum atomic E-state index is 0.0781. The van der Waals surface area contributed by atoms with Crippen LogP contribution in [0.25, 0.3) is 0 Å². The third-order valence-electron chi connectivity index (χ3n) is 6.25. The molecule has 0 radical (unpaired) electrons. The summed E-state index contributed by atoms with van der Waals surface area (Å²) in [5, 5.41) is 0.698. The monoisotopic (exact) mass is 394 g/mol. The van der Waals surface area contributed by atoms with Gasteiger partial charge in [-0.25, -0.2) is 0 Å². The molecule has 0 N–H and O–H groups in total. The van der Waals surface area contributed by atoms with E-state index in [1.807, 2.05) is 35.2 Å². The number of rotatable bonds is 4. The molecule has 1 amide bonds. The van der Waals surface area contributed by atoms with Crippen molar-refractivity contribution in [3.63, 3.8) is 0 Å². The highest BCUT2D eigenvalue weighted by Gasteiger charge is 2.46. The number of halogens is 1. The molecule has 4 rings (SSSR count). The van der Waals surface area contributed by atoms with Crippen LogP contribution in [0.15, 0.2) is 55.1 Å². The first-order chi connectivity index (χ1) is 13.5. The number of carbonyl (C=O) groups is 1. The molecule has 1 spiro atoms. The topological polar surface area (TPSA) is 23.6 Å². The lowest BCUT2D eigenvalue weighted by molar-refractivity contribution is -0.118. The van der Waals surface area contributed by atoms with Crippen molar-refractivity contribution in [2.45, 2.75) is 31.6 Å². The number of amides is 1. The second-order valence-electron chi connectivity index (χ2n) is 8.17. The maximum atomic E-state index is 13.2. The van der Waals surface area contributed by atoms with Crippen molar-refractivity contribution in [3.05, 3.63) is 76.8 Å². The number of anilines is 1. The van der Waals surface area contributed by atoms with Crippen LogP contribution in [0, 0.1) is 6.92 Å².